The molecule has 4 nitrogen and oxygen atoms in total. The van der Waals surface area contributed by atoms with Crippen LogP contribution in [0.15, 0.2) is 30.3 Å². The molecule has 0 aromatic heterocycles. The van der Waals surface area contributed by atoms with Crippen molar-refractivity contribution in [2.45, 2.75) is 45.1 Å². The highest BCUT2D eigenvalue weighted by molar-refractivity contribution is 5.82. The van der Waals surface area contributed by atoms with Crippen molar-refractivity contribution in [3.63, 3.8) is 0 Å². The standard InChI is InChI=1S/C24H31F2N3O/c1-23(2,3)22(30-4)19-15(25)13-16(26)20-21(19)29(18-8-6-5-7-17(18)27)14-24(20)9-11-28-12-10-24/h5-8,13,22,28H,9-12,14,27H2,1-4H3. The Balaban J connectivity index is 2.03. The Kier molecular flexibility index (Phi) is 5.27. The summed E-state index contributed by atoms with van der Waals surface area (Å²) in [5, 5.41) is 3.37. The number of rotatable bonds is 3. The number of hydrogen-bond donors (Lipinski definition) is 2. The van der Waals surface area contributed by atoms with Gasteiger partial charge >= 0.3 is 0 Å². The SMILES string of the molecule is COC(c1c(F)cc(F)c2c1N(c1ccccc1N)CC21CCNCC1)C(C)(C)C. The van der Waals surface area contributed by atoms with Gasteiger partial charge in [0.1, 0.15) is 11.6 Å². The molecule has 1 fully saturated rings. The van der Waals surface area contributed by atoms with Crippen molar-refractivity contribution in [1.29, 1.82) is 0 Å². The van der Waals surface area contributed by atoms with E-state index in [9.17, 15) is 0 Å². The molecule has 1 atom stereocenters. The smallest absolute Gasteiger partial charge is 0.134 e. The Bertz CT molecular complexity index is 948. The zero-order chi connectivity index (χ0) is 21.7. The average molecular weight is 416 g/mol. The average Bonchev–Trinajstić information content (AvgIpc) is 2.99. The quantitative estimate of drug-likeness (QED) is 0.689. The fourth-order valence-corrected chi connectivity index (χ4v) is 5.27. The van der Waals surface area contributed by atoms with Crippen molar-refractivity contribution < 1.29 is 13.5 Å². The number of nitrogens with zero attached hydrogens (tertiary/aromatic N) is 1. The molecule has 1 unspecified atom stereocenters. The molecule has 162 valence electrons. The Labute approximate surface area is 177 Å². The first kappa shape index (κ1) is 21.1. The summed E-state index contributed by atoms with van der Waals surface area (Å²) in [5.74, 6) is -1.05. The van der Waals surface area contributed by atoms with Crippen LogP contribution >= 0.6 is 0 Å². The third-order valence-corrected chi connectivity index (χ3v) is 6.58. The van der Waals surface area contributed by atoms with E-state index < -0.39 is 17.7 Å². The van der Waals surface area contributed by atoms with Crippen molar-refractivity contribution in [1.82, 2.24) is 5.32 Å². The fourth-order valence-electron chi connectivity index (χ4n) is 5.27. The molecule has 2 aromatic carbocycles. The highest BCUT2D eigenvalue weighted by Crippen LogP contribution is 2.55. The highest BCUT2D eigenvalue weighted by Gasteiger charge is 2.49. The van der Waals surface area contributed by atoms with Crippen LogP contribution in [0.2, 0.25) is 0 Å². The van der Waals surface area contributed by atoms with Crippen LogP contribution < -0.4 is 16.0 Å². The summed E-state index contributed by atoms with van der Waals surface area (Å²) >= 11 is 0. The fraction of sp³-hybridized carbons (Fsp3) is 0.500. The molecule has 0 saturated carbocycles. The third kappa shape index (κ3) is 3.26. The van der Waals surface area contributed by atoms with E-state index in [0.29, 0.717) is 29.0 Å². The van der Waals surface area contributed by atoms with E-state index in [2.05, 4.69) is 5.32 Å². The highest BCUT2D eigenvalue weighted by atomic mass is 19.1. The van der Waals surface area contributed by atoms with Gasteiger partial charge in [-0.05, 0) is 43.5 Å². The molecule has 0 bridgehead atoms. The minimum Gasteiger partial charge on any atom is -0.397 e. The Morgan fingerprint density at radius 3 is 2.40 bits per heavy atom. The third-order valence-electron chi connectivity index (χ3n) is 6.58. The van der Waals surface area contributed by atoms with Crippen molar-refractivity contribution in [2.24, 2.45) is 5.41 Å². The summed E-state index contributed by atoms with van der Waals surface area (Å²) in [6.45, 7) is 8.20. The minimum absolute atomic E-state index is 0.376. The molecular formula is C24H31F2N3O. The largest absolute Gasteiger partial charge is 0.397 e. The molecule has 2 aliphatic rings. The lowest BCUT2D eigenvalue weighted by Crippen LogP contribution is -2.42. The molecule has 30 heavy (non-hydrogen) atoms. The second-order valence-corrected chi connectivity index (χ2v) is 9.63. The summed E-state index contributed by atoms with van der Waals surface area (Å²) in [6, 6.07) is 8.58. The molecule has 2 heterocycles. The van der Waals surface area contributed by atoms with E-state index in [0.717, 1.165) is 37.7 Å². The van der Waals surface area contributed by atoms with Crippen LogP contribution in [0, 0.1) is 17.0 Å². The van der Waals surface area contributed by atoms with Crippen molar-refractivity contribution >= 4 is 17.1 Å². The van der Waals surface area contributed by atoms with Crippen LogP contribution in [0.5, 0.6) is 0 Å². The van der Waals surface area contributed by atoms with E-state index >= 15 is 8.78 Å². The van der Waals surface area contributed by atoms with E-state index in [1.165, 1.54) is 0 Å². The molecule has 2 aromatic rings. The van der Waals surface area contributed by atoms with Gasteiger partial charge in [-0.1, -0.05) is 32.9 Å². The van der Waals surface area contributed by atoms with Gasteiger partial charge < -0.3 is 20.7 Å². The van der Waals surface area contributed by atoms with Gasteiger partial charge in [-0.2, -0.15) is 0 Å². The molecule has 0 amide bonds. The van der Waals surface area contributed by atoms with Gasteiger partial charge in [0, 0.05) is 36.3 Å². The number of para-hydroxylation sites is 2. The van der Waals surface area contributed by atoms with E-state index in [1.54, 1.807) is 7.11 Å². The Hall–Kier alpha value is -2.18. The summed E-state index contributed by atoms with van der Waals surface area (Å²) in [5.41, 5.74) is 8.55. The van der Waals surface area contributed by atoms with E-state index in [4.69, 9.17) is 10.5 Å². The number of anilines is 3. The topological polar surface area (TPSA) is 50.5 Å². The first-order valence-electron chi connectivity index (χ1n) is 10.6. The number of methoxy groups -OCH3 is 1. The second-order valence-electron chi connectivity index (χ2n) is 9.63. The van der Waals surface area contributed by atoms with Gasteiger partial charge in [0.05, 0.1) is 23.2 Å². The number of nitrogens with two attached hydrogens (primary N) is 1. The first-order valence-corrected chi connectivity index (χ1v) is 10.6. The summed E-state index contributed by atoms with van der Waals surface area (Å²) in [6.07, 6.45) is 1.05. The number of ether oxygens (including phenoxy) is 1. The van der Waals surface area contributed by atoms with Crippen LogP contribution in [0.3, 0.4) is 0 Å². The van der Waals surface area contributed by atoms with Crippen LogP contribution in [0.1, 0.15) is 50.8 Å². The number of fused-ring (bicyclic) bond motifs is 2. The number of piperidine rings is 1. The number of nitrogen functional groups attached to an aromatic ring is 1. The number of nitrogens with one attached hydrogen (secondary N) is 1. The first-order chi connectivity index (χ1) is 14.2. The van der Waals surface area contributed by atoms with Gasteiger partial charge in [0.2, 0.25) is 0 Å². The zero-order valence-corrected chi connectivity index (χ0v) is 18.2. The maximum absolute atomic E-state index is 15.5. The van der Waals surface area contributed by atoms with Gasteiger partial charge in [-0.25, -0.2) is 8.78 Å². The molecule has 1 saturated heterocycles. The van der Waals surface area contributed by atoms with Crippen LogP contribution in [0.25, 0.3) is 0 Å². The van der Waals surface area contributed by atoms with Gasteiger partial charge in [0.15, 0.2) is 0 Å². The summed E-state index contributed by atoms with van der Waals surface area (Å²) < 4.78 is 36.7. The molecule has 0 radical (unpaired) electrons. The Morgan fingerprint density at radius 2 is 1.80 bits per heavy atom. The number of benzene rings is 2. The lowest BCUT2D eigenvalue weighted by Gasteiger charge is -2.35. The van der Waals surface area contributed by atoms with Gasteiger partial charge in [-0.3, -0.25) is 0 Å². The zero-order valence-electron chi connectivity index (χ0n) is 18.2. The second kappa shape index (κ2) is 7.50. The van der Waals surface area contributed by atoms with Crippen LogP contribution in [0.4, 0.5) is 25.8 Å². The predicted molar refractivity (Wildman–Crippen MR) is 117 cm³/mol. The molecule has 3 N–H and O–H groups in total. The van der Waals surface area contributed by atoms with Crippen molar-refractivity contribution in [3.8, 4) is 0 Å². The maximum atomic E-state index is 15.5. The molecule has 0 aliphatic carbocycles. The summed E-state index contributed by atoms with van der Waals surface area (Å²) in [7, 11) is 1.58. The van der Waals surface area contributed by atoms with Gasteiger partial charge in [0.25, 0.3) is 0 Å². The Morgan fingerprint density at radius 1 is 1.13 bits per heavy atom. The molecular weight excluding hydrogens is 384 g/mol. The van der Waals surface area contributed by atoms with Crippen LogP contribution in [-0.4, -0.2) is 26.7 Å². The number of hydrogen-bond acceptors (Lipinski definition) is 4. The van der Waals surface area contributed by atoms with E-state index in [-0.39, 0.29) is 10.8 Å². The predicted octanol–water partition coefficient (Wildman–Crippen LogP) is 5.05. The van der Waals surface area contributed by atoms with Crippen LogP contribution in [-0.2, 0) is 10.2 Å². The van der Waals surface area contributed by atoms with E-state index in [1.807, 2.05) is 49.9 Å². The minimum atomic E-state index is -0.571. The molecule has 1 spiro atoms. The normalized spacial score (nSPS) is 19.2. The number of halogens is 2. The molecule has 2 aliphatic heterocycles. The lowest BCUT2D eigenvalue weighted by atomic mass is 9.73. The monoisotopic (exact) mass is 415 g/mol. The van der Waals surface area contributed by atoms with Crippen molar-refractivity contribution in [3.05, 3.63) is 53.1 Å². The summed E-state index contributed by atoms with van der Waals surface area (Å²) in [4.78, 5) is 2.02. The van der Waals surface area contributed by atoms with Crippen molar-refractivity contribution in [2.75, 3.05) is 37.4 Å². The molecule has 6 heteroatoms. The molecule has 4 rings (SSSR count). The lowest BCUT2D eigenvalue weighted by molar-refractivity contribution is 0.0130. The van der Waals surface area contributed by atoms with Gasteiger partial charge in [-0.15, -0.1) is 0 Å². The maximum Gasteiger partial charge on any atom is 0.134 e.